The first-order chi connectivity index (χ1) is 19.7. The Labute approximate surface area is 235 Å². The van der Waals surface area contributed by atoms with Crippen molar-refractivity contribution in [3.8, 4) is 51.6 Å². The maximum Gasteiger partial charge on any atom is 0.461 e. The Hall–Kier alpha value is -4.33. The zero-order valence-electron chi connectivity index (χ0n) is 21.9. The third-order valence-corrected chi connectivity index (χ3v) is 6.97. The predicted molar refractivity (Wildman–Crippen MR) is 140 cm³/mol. The molecular formula is C27H23F4N3O6S. The van der Waals surface area contributed by atoms with E-state index in [1.54, 1.807) is 24.3 Å². The van der Waals surface area contributed by atoms with Crippen LogP contribution in [0.25, 0.3) is 17.1 Å². The highest BCUT2D eigenvalue weighted by Crippen LogP contribution is 2.43. The molecule has 5 rings (SSSR count). The molecule has 41 heavy (non-hydrogen) atoms. The Morgan fingerprint density at radius 1 is 0.902 bits per heavy atom. The number of alkyl halides is 4. The van der Waals surface area contributed by atoms with E-state index in [0.717, 1.165) is 0 Å². The van der Waals surface area contributed by atoms with E-state index in [4.69, 9.17) is 23.7 Å². The minimum absolute atomic E-state index is 0.102. The third-order valence-electron chi connectivity index (χ3n) is 5.97. The molecule has 0 radical (unpaired) electrons. The molecule has 1 aliphatic rings. The number of aromatic nitrogens is 3. The molecule has 0 fully saturated rings. The number of hydrogen-bond acceptors (Lipinski definition) is 9. The van der Waals surface area contributed by atoms with Crippen molar-refractivity contribution >= 4 is 11.8 Å². The van der Waals surface area contributed by atoms with E-state index in [1.807, 2.05) is 10.6 Å². The van der Waals surface area contributed by atoms with Crippen LogP contribution in [0.3, 0.4) is 0 Å². The van der Waals surface area contributed by atoms with Crippen LogP contribution in [0, 0.1) is 0 Å². The molecule has 0 unspecified atom stereocenters. The number of halogens is 4. The summed E-state index contributed by atoms with van der Waals surface area (Å²) in [6, 6.07) is 14.3. The maximum absolute atomic E-state index is 13.2. The van der Waals surface area contributed by atoms with Gasteiger partial charge in [-0.05, 0) is 42.0 Å². The zero-order valence-corrected chi connectivity index (χ0v) is 22.7. The van der Waals surface area contributed by atoms with Gasteiger partial charge < -0.3 is 28.4 Å². The first kappa shape index (κ1) is 28.2. The summed E-state index contributed by atoms with van der Waals surface area (Å²) in [7, 11) is 4.53. The number of benzene rings is 3. The summed E-state index contributed by atoms with van der Waals surface area (Å²) in [5.41, 5.74) is 2.01. The molecule has 4 aromatic rings. The summed E-state index contributed by atoms with van der Waals surface area (Å²) in [4.78, 5) is 0. The number of nitrogens with zero attached hydrogens (tertiary/aromatic N) is 3. The molecule has 0 spiro atoms. The molecule has 14 heteroatoms. The first-order valence-corrected chi connectivity index (χ1v) is 12.9. The Bertz CT molecular complexity index is 1510. The normalized spacial score (nSPS) is 12.5. The van der Waals surface area contributed by atoms with Gasteiger partial charge in [-0.1, -0.05) is 23.9 Å². The lowest BCUT2D eigenvalue weighted by atomic mass is 10.1. The van der Waals surface area contributed by atoms with Gasteiger partial charge in [-0.2, -0.15) is 17.6 Å². The molecule has 1 aromatic heterocycles. The number of hydrogen-bond donors (Lipinski definition) is 0. The van der Waals surface area contributed by atoms with Gasteiger partial charge in [-0.25, -0.2) is 0 Å². The van der Waals surface area contributed by atoms with E-state index in [1.165, 1.54) is 57.4 Å². The second-order valence-electron chi connectivity index (χ2n) is 8.49. The van der Waals surface area contributed by atoms with E-state index in [0.29, 0.717) is 62.3 Å². The van der Waals surface area contributed by atoms with Gasteiger partial charge in [0, 0.05) is 17.4 Å². The van der Waals surface area contributed by atoms with Crippen LogP contribution in [0.2, 0.25) is 0 Å². The van der Waals surface area contributed by atoms with Crippen LogP contribution in [-0.2, 0) is 5.75 Å². The Kier molecular flexibility index (Phi) is 8.01. The van der Waals surface area contributed by atoms with Gasteiger partial charge in [0.1, 0.15) is 5.75 Å². The van der Waals surface area contributed by atoms with Crippen LogP contribution in [0.15, 0.2) is 59.8 Å². The topological polar surface area (TPSA) is 86.1 Å². The molecule has 0 aliphatic carbocycles. The molecule has 0 saturated heterocycles. The van der Waals surface area contributed by atoms with Gasteiger partial charge >= 0.3 is 12.5 Å². The zero-order chi connectivity index (χ0) is 29.1. The van der Waals surface area contributed by atoms with E-state index < -0.39 is 12.5 Å². The van der Waals surface area contributed by atoms with E-state index in [-0.39, 0.29) is 12.5 Å². The summed E-state index contributed by atoms with van der Waals surface area (Å²) < 4.78 is 84.8. The molecule has 0 bridgehead atoms. The maximum atomic E-state index is 13.2. The lowest BCUT2D eigenvalue weighted by Gasteiger charge is -2.17. The molecule has 0 N–H and O–H groups in total. The Morgan fingerprint density at radius 3 is 2.22 bits per heavy atom. The lowest BCUT2D eigenvalue weighted by molar-refractivity contribution is -0.253. The largest absolute Gasteiger partial charge is 0.493 e. The fourth-order valence-electron chi connectivity index (χ4n) is 4.02. The molecule has 2 heterocycles. The second kappa shape index (κ2) is 11.6. The van der Waals surface area contributed by atoms with E-state index in [9.17, 15) is 17.6 Å². The minimum Gasteiger partial charge on any atom is -0.493 e. The van der Waals surface area contributed by atoms with Gasteiger partial charge in [-0.3, -0.25) is 4.57 Å². The highest BCUT2D eigenvalue weighted by atomic mass is 32.2. The third kappa shape index (κ3) is 5.78. The van der Waals surface area contributed by atoms with Gasteiger partial charge in [0.05, 0.1) is 27.0 Å². The van der Waals surface area contributed by atoms with Crippen molar-refractivity contribution in [2.45, 2.75) is 23.4 Å². The second-order valence-corrected chi connectivity index (χ2v) is 9.43. The SMILES string of the molecule is COc1cc(-c2nnc(SCc3ccc(OC(F)(F)C(F)F)cc3)n2-c2ccc3c(c2)OCO3)cc(OC)c1OC. The highest BCUT2D eigenvalue weighted by molar-refractivity contribution is 7.98. The average molecular weight is 594 g/mol. The molecule has 0 atom stereocenters. The molecule has 0 saturated carbocycles. The number of methoxy groups -OCH3 is 3. The molecular weight excluding hydrogens is 570 g/mol. The van der Waals surface area contributed by atoms with Crippen molar-refractivity contribution in [2.75, 3.05) is 28.1 Å². The monoisotopic (exact) mass is 593 g/mol. The number of fused-ring (bicyclic) bond motifs is 1. The van der Waals surface area contributed by atoms with Crippen LogP contribution in [0.5, 0.6) is 34.5 Å². The predicted octanol–water partition coefficient (Wildman–Crippen LogP) is 6.22. The lowest BCUT2D eigenvalue weighted by Crippen LogP contribution is -2.33. The van der Waals surface area contributed by atoms with E-state index in [2.05, 4.69) is 14.9 Å². The summed E-state index contributed by atoms with van der Waals surface area (Å²) in [5.74, 6) is 2.86. The van der Waals surface area contributed by atoms with Gasteiger partial charge in [0.15, 0.2) is 34.0 Å². The highest BCUT2D eigenvalue weighted by Gasteiger charge is 2.43. The molecule has 9 nitrogen and oxygen atoms in total. The average Bonchev–Trinajstić information content (AvgIpc) is 3.62. The van der Waals surface area contributed by atoms with Crippen molar-refractivity contribution in [1.29, 1.82) is 0 Å². The number of thioether (sulfide) groups is 1. The summed E-state index contributed by atoms with van der Waals surface area (Å²) in [5, 5.41) is 9.34. The fraction of sp³-hybridized carbons (Fsp3) is 0.259. The molecule has 0 amide bonds. The van der Waals surface area contributed by atoms with Crippen molar-refractivity contribution < 1.29 is 46.0 Å². The van der Waals surface area contributed by atoms with Crippen LogP contribution in [-0.4, -0.2) is 55.4 Å². The summed E-state index contributed by atoms with van der Waals surface area (Å²) in [6.07, 6.45) is -8.53. The smallest absolute Gasteiger partial charge is 0.461 e. The Balaban J connectivity index is 1.49. The quantitative estimate of drug-likeness (QED) is 0.149. The minimum atomic E-state index is -4.58. The first-order valence-electron chi connectivity index (χ1n) is 12.0. The van der Waals surface area contributed by atoms with Crippen molar-refractivity contribution in [2.24, 2.45) is 0 Å². The van der Waals surface area contributed by atoms with Crippen LogP contribution >= 0.6 is 11.8 Å². The van der Waals surface area contributed by atoms with Crippen molar-refractivity contribution in [1.82, 2.24) is 14.8 Å². The van der Waals surface area contributed by atoms with Crippen LogP contribution in [0.4, 0.5) is 17.6 Å². The molecule has 216 valence electrons. The number of rotatable bonds is 11. The Morgan fingerprint density at radius 2 is 1.59 bits per heavy atom. The van der Waals surface area contributed by atoms with Crippen LogP contribution < -0.4 is 28.4 Å². The van der Waals surface area contributed by atoms with Crippen molar-refractivity contribution in [3.63, 3.8) is 0 Å². The summed E-state index contributed by atoms with van der Waals surface area (Å²) >= 11 is 1.32. The standard InChI is InChI=1S/C27H23F4N3O6S/c1-35-21-10-16(11-22(36-2)23(21)37-3)24-32-33-26(34(24)17-6-9-19-20(12-17)39-14-38-19)41-13-15-4-7-18(8-5-15)40-27(30,31)25(28)29/h4-12,25H,13-14H2,1-3H3. The molecule has 3 aromatic carbocycles. The summed E-state index contributed by atoms with van der Waals surface area (Å²) in [6.45, 7) is 0.102. The fourth-order valence-corrected chi connectivity index (χ4v) is 4.93. The van der Waals surface area contributed by atoms with Crippen LogP contribution in [0.1, 0.15) is 5.56 Å². The van der Waals surface area contributed by atoms with Crippen molar-refractivity contribution in [3.05, 3.63) is 60.2 Å². The van der Waals surface area contributed by atoms with E-state index >= 15 is 0 Å². The van der Waals surface area contributed by atoms with Gasteiger partial charge in [0.2, 0.25) is 12.5 Å². The van der Waals surface area contributed by atoms with Gasteiger partial charge in [0.25, 0.3) is 0 Å². The van der Waals surface area contributed by atoms with Gasteiger partial charge in [-0.15, -0.1) is 10.2 Å². The number of ether oxygens (including phenoxy) is 6. The molecule has 1 aliphatic heterocycles.